The Kier molecular flexibility index (Phi) is 6.39. The highest BCUT2D eigenvalue weighted by Crippen LogP contribution is 2.32. The fourth-order valence-electron chi connectivity index (χ4n) is 3.27. The second kappa shape index (κ2) is 8.04. The van der Waals surface area contributed by atoms with Gasteiger partial charge in [0.1, 0.15) is 0 Å². The number of alkyl halides is 6. The zero-order chi connectivity index (χ0) is 20.4. The van der Waals surface area contributed by atoms with Gasteiger partial charge >= 0.3 is 12.4 Å². The van der Waals surface area contributed by atoms with Crippen LogP contribution in [0.15, 0.2) is 12.3 Å². The molecule has 2 heterocycles. The molecule has 1 aliphatic heterocycles. The lowest BCUT2D eigenvalue weighted by Gasteiger charge is -2.30. The molecule has 3 rings (SSSR count). The van der Waals surface area contributed by atoms with Gasteiger partial charge in [-0.2, -0.15) is 26.3 Å². The predicted molar refractivity (Wildman–Crippen MR) is 85.4 cm³/mol. The van der Waals surface area contributed by atoms with E-state index in [-0.39, 0.29) is 31.3 Å². The average Bonchev–Trinajstić information content (AvgIpc) is 2.97. The Labute approximate surface area is 152 Å². The van der Waals surface area contributed by atoms with Gasteiger partial charge in [0, 0.05) is 50.3 Å². The normalized spacial score (nSPS) is 22.7. The average molecular weight is 397 g/mol. The highest BCUT2D eigenvalue weighted by molar-refractivity contribution is 5.79. The van der Waals surface area contributed by atoms with Gasteiger partial charge in [0.05, 0.1) is 5.56 Å². The SMILES string of the molecule is CC(F)(F)F.NC1CCC(C(=O)N2CCc3ncc(C(F)(F)F)cc3C2)C1. The molecule has 1 fully saturated rings. The molecule has 2 aliphatic rings. The van der Waals surface area contributed by atoms with Crippen LogP contribution in [0.25, 0.3) is 0 Å². The standard InChI is InChI=1S/C15H18F3N3O.C2H3F3/c16-15(17,18)11-5-10-8-21(4-3-13(10)20-7-11)14(22)9-1-2-12(19)6-9;1-2(3,4)5/h5,7,9,12H,1-4,6,8,19H2;1H3. The first-order chi connectivity index (χ1) is 12.3. The largest absolute Gasteiger partial charge is 0.417 e. The van der Waals surface area contributed by atoms with Crippen LogP contribution in [0.2, 0.25) is 0 Å². The molecule has 4 nitrogen and oxygen atoms in total. The third kappa shape index (κ3) is 6.37. The number of aromatic nitrogens is 1. The minimum atomic E-state index is -4.41. The summed E-state index contributed by atoms with van der Waals surface area (Å²) in [5, 5.41) is 0. The van der Waals surface area contributed by atoms with E-state index in [0.717, 1.165) is 25.1 Å². The monoisotopic (exact) mass is 397 g/mol. The fourth-order valence-corrected chi connectivity index (χ4v) is 3.27. The Hall–Kier alpha value is -1.84. The number of amides is 1. The number of nitrogens with zero attached hydrogens (tertiary/aromatic N) is 2. The van der Waals surface area contributed by atoms with Gasteiger partial charge in [-0.25, -0.2) is 0 Å². The van der Waals surface area contributed by atoms with E-state index in [4.69, 9.17) is 5.73 Å². The van der Waals surface area contributed by atoms with Crippen molar-refractivity contribution in [3.8, 4) is 0 Å². The van der Waals surface area contributed by atoms with E-state index in [1.807, 2.05) is 0 Å². The summed E-state index contributed by atoms with van der Waals surface area (Å²) in [4.78, 5) is 18.0. The van der Waals surface area contributed by atoms with Crippen LogP contribution in [-0.4, -0.2) is 34.6 Å². The summed E-state index contributed by atoms with van der Waals surface area (Å²) in [6.45, 7) is 0.903. The van der Waals surface area contributed by atoms with E-state index in [2.05, 4.69) is 4.98 Å². The van der Waals surface area contributed by atoms with E-state index in [9.17, 15) is 31.1 Å². The molecule has 0 saturated heterocycles. The maximum Gasteiger partial charge on any atom is 0.417 e. The smallest absolute Gasteiger partial charge is 0.338 e. The topological polar surface area (TPSA) is 59.2 Å². The molecule has 152 valence electrons. The Morgan fingerprint density at radius 2 is 1.85 bits per heavy atom. The number of hydrogen-bond donors (Lipinski definition) is 1. The maximum absolute atomic E-state index is 12.8. The van der Waals surface area contributed by atoms with Gasteiger partial charge in [0.2, 0.25) is 5.91 Å². The molecule has 2 unspecified atom stereocenters. The Morgan fingerprint density at radius 1 is 1.22 bits per heavy atom. The molecule has 0 aromatic carbocycles. The number of hydrogen-bond acceptors (Lipinski definition) is 3. The minimum absolute atomic E-state index is 0.0102. The molecular formula is C17H21F6N3O. The van der Waals surface area contributed by atoms with E-state index in [0.29, 0.717) is 30.6 Å². The van der Waals surface area contributed by atoms with Gasteiger partial charge < -0.3 is 10.6 Å². The number of rotatable bonds is 1. The van der Waals surface area contributed by atoms with Crippen LogP contribution < -0.4 is 5.73 Å². The van der Waals surface area contributed by atoms with Gasteiger partial charge in [-0.05, 0) is 30.9 Å². The van der Waals surface area contributed by atoms with Crippen molar-refractivity contribution in [2.24, 2.45) is 11.7 Å². The summed E-state index contributed by atoms with van der Waals surface area (Å²) in [6, 6.07) is 1.17. The Bertz CT molecular complexity index is 668. The Morgan fingerprint density at radius 3 is 2.37 bits per heavy atom. The zero-order valence-electron chi connectivity index (χ0n) is 14.7. The molecule has 2 atom stereocenters. The van der Waals surface area contributed by atoms with Crippen molar-refractivity contribution in [2.45, 2.75) is 57.5 Å². The van der Waals surface area contributed by atoms with Gasteiger partial charge in [0.25, 0.3) is 0 Å². The highest BCUT2D eigenvalue weighted by Gasteiger charge is 2.35. The molecule has 1 saturated carbocycles. The second-order valence-corrected chi connectivity index (χ2v) is 6.89. The van der Waals surface area contributed by atoms with Crippen LogP contribution in [0, 0.1) is 5.92 Å². The fraction of sp³-hybridized carbons (Fsp3) is 0.647. The summed E-state index contributed by atoms with van der Waals surface area (Å²) in [6.07, 6.45) is -4.77. The number of carbonyl (C=O) groups excluding carboxylic acids is 1. The highest BCUT2D eigenvalue weighted by atomic mass is 19.4. The minimum Gasteiger partial charge on any atom is -0.338 e. The predicted octanol–water partition coefficient (Wildman–Crippen LogP) is 3.68. The maximum atomic E-state index is 12.8. The molecule has 1 amide bonds. The van der Waals surface area contributed by atoms with Gasteiger partial charge in [0.15, 0.2) is 0 Å². The number of pyridine rings is 1. The van der Waals surface area contributed by atoms with Crippen LogP contribution in [0.4, 0.5) is 26.3 Å². The molecule has 1 aromatic rings. The molecule has 27 heavy (non-hydrogen) atoms. The van der Waals surface area contributed by atoms with Crippen molar-refractivity contribution in [1.82, 2.24) is 9.88 Å². The zero-order valence-corrected chi connectivity index (χ0v) is 14.7. The summed E-state index contributed by atoms with van der Waals surface area (Å²) < 4.78 is 69.4. The molecule has 10 heteroatoms. The molecule has 1 aliphatic carbocycles. The van der Waals surface area contributed by atoms with Crippen molar-refractivity contribution in [3.05, 3.63) is 29.1 Å². The first-order valence-corrected chi connectivity index (χ1v) is 8.50. The summed E-state index contributed by atoms with van der Waals surface area (Å²) in [5.41, 5.74) is 6.22. The molecule has 1 aromatic heterocycles. The van der Waals surface area contributed by atoms with Crippen molar-refractivity contribution < 1.29 is 31.1 Å². The van der Waals surface area contributed by atoms with E-state index in [1.54, 1.807) is 4.90 Å². The van der Waals surface area contributed by atoms with E-state index >= 15 is 0 Å². The van der Waals surface area contributed by atoms with E-state index in [1.165, 1.54) is 0 Å². The van der Waals surface area contributed by atoms with Crippen molar-refractivity contribution in [2.75, 3.05) is 6.54 Å². The van der Waals surface area contributed by atoms with Gasteiger partial charge in [-0.15, -0.1) is 0 Å². The van der Waals surface area contributed by atoms with Crippen LogP contribution in [0.3, 0.4) is 0 Å². The van der Waals surface area contributed by atoms with Crippen LogP contribution in [0.5, 0.6) is 0 Å². The third-order valence-electron chi connectivity index (χ3n) is 4.50. The summed E-state index contributed by atoms with van der Waals surface area (Å²) >= 11 is 0. The molecule has 0 spiro atoms. The van der Waals surface area contributed by atoms with Gasteiger partial charge in [-0.1, -0.05) is 0 Å². The molecule has 0 radical (unpaired) electrons. The van der Waals surface area contributed by atoms with Crippen LogP contribution >= 0.6 is 0 Å². The van der Waals surface area contributed by atoms with Crippen molar-refractivity contribution in [1.29, 1.82) is 0 Å². The summed E-state index contributed by atoms with van der Waals surface area (Å²) in [5.74, 6) is -0.0775. The molecule has 0 bridgehead atoms. The number of halogens is 6. The molecule has 2 N–H and O–H groups in total. The lowest BCUT2D eigenvalue weighted by Crippen LogP contribution is -2.40. The van der Waals surface area contributed by atoms with Crippen molar-refractivity contribution >= 4 is 5.91 Å². The quantitative estimate of drug-likeness (QED) is 0.736. The second-order valence-electron chi connectivity index (χ2n) is 6.89. The lowest BCUT2D eigenvalue weighted by atomic mass is 10.00. The number of carbonyl (C=O) groups is 1. The molecular weight excluding hydrogens is 376 g/mol. The summed E-state index contributed by atoms with van der Waals surface area (Å²) in [7, 11) is 0. The first-order valence-electron chi connectivity index (χ1n) is 8.50. The first kappa shape index (κ1) is 21.5. The van der Waals surface area contributed by atoms with Gasteiger partial charge in [-0.3, -0.25) is 9.78 Å². The van der Waals surface area contributed by atoms with Crippen LogP contribution in [0.1, 0.15) is 43.0 Å². The third-order valence-corrected chi connectivity index (χ3v) is 4.50. The lowest BCUT2D eigenvalue weighted by molar-refractivity contribution is -0.138. The van der Waals surface area contributed by atoms with Crippen molar-refractivity contribution in [3.63, 3.8) is 0 Å². The number of nitrogens with two attached hydrogens (primary N) is 1. The number of fused-ring (bicyclic) bond motifs is 1. The van der Waals surface area contributed by atoms with Crippen LogP contribution in [-0.2, 0) is 23.9 Å². The van der Waals surface area contributed by atoms with E-state index < -0.39 is 17.9 Å². The Balaban J connectivity index is 0.000000465.